The SMILES string of the molecule is CCOC(=O)C1=C(C)N=c2s/c(=C/c3ccc(-c4ccc([N+](=O)[O-])cc4)o3)c(=O)n2[C@@H]1c1cccc(OC)c1OCC. The van der Waals surface area contributed by atoms with Crippen molar-refractivity contribution < 1.29 is 28.3 Å². The molecule has 0 unspecified atom stereocenters. The molecule has 12 heteroatoms. The molecule has 0 amide bonds. The van der Waals surface area contributed by atoms with Crippen LogP contribution in [0.3, 0.4) is 0 Å². The van der Waals surface area contributed by atoms with Crippen LogP contribution in [0.5, 0.6) is 11.5 Å². The summed E-state index contributed by atoms with van der Waals surface area (Å²) in [6.07, 6.45) is 1.61. The number of carbonyl (C=O) groups excluding carboxylic acids is 1. The number of benzene rings is 2. The van der Waals surface area contributed by atoms with Crippen LogP contribution in [0.1, 0.15) is 38.1 Å². The predicted molar refractivity (Wildman–Crippen MR) is 155 cm³/mol. The molecule has 5 rings (SSSR count). The number of furan rings is 1. The van der Waals surface area contributed by atoms with Crippen molar-refractivity contribution in [2.24, 2.45) is 4.99 Å². The van der Waals surface area contributed by atoms with E-state index in [4.69, 9.17) is 18.6 Å². The summed E-state index contributed by atoms with van der Waals surface area (Å²) in [7, 11) is 1.52. The summed E-state index contributed by atoms with van der Waals surface area (Å²) in [5, 5.41) is 11.0. The topological polar surface area (TPSA) is 135 Å². The van der Waals surface area contributed by atoms with E-state index in [1.807, 2.05) is 6.92 Å². The van der Waals surface area contributed by atoms with E-state index in [1.165, 1.54) is 23.8 Å². The van der Waals surface area contributed by atoms with Crippen LogP contribution in [0.15, 0.2) is 80.1 Å². The van der Waals surface area contributed by atoms with Gasteiger partial charge in [0.25, 0.3) is 11.2 Å². The van der Waals surface area contributed by atoms with Gasteiger partial charge in [0, 0.05) is 29.3 Å². The van der Waals surface area contributed by atoms with Crippen LogP contribution in [-0.4, -0.2) is 35.8 Å². The molecular weight excluding hydrogens is 562 g/mol. The Morgan fingerprint density at radius 1 is 1.14 bits per heavy atom. The van der Waals surface area contributed by atoms with Crippen molar-refractivity contribution in [3.63, 3.8) is 0 Å². The summed E-state index contributed by atoms with van der Waals surface area (Å²) >= 11 is 1.16. The van der Waals surface area contributed by atoms with Gasteiger partial charge in [-0.25, -0.2) is 9.79 Å². The Labute approximate surface area is 243 Å². The number of ether oxygens (including phenoxy) is 3. The Hall–Kier alpha value is -4.97. The quantitative estimate of drug-likeness (QED) is 0.160. The molecule has 4 aromatic rings. The molecule has 0 aliphatic carbocycles. The van der Waals surface area contributed by atoms with Crippen LogP contribution in [0.4, 0.5) is 5.69 Å². The first-order chi connectivity index (χ1) is 20.3. The zero-order valence-electron chi connectivity index (χ0n) is 23.3. The molecule has 0 N–H and O–H groups in total. The van der Waals surface area contributed by atoms with E-state index in [2.05, 4.69) is 4.99 Å². The lowest BCUT2D eigenvalue weighted by atomic mass is 9.94. The summed E-state index contributed by atoms with van der Waals surface area (Å²) in [6.45, 7) is 5.74. The number of aromatic nitrogens is 1. The van der Waals surface area contributed by atoms with Gasteiger partial charge in [0.1, 0.15) is 17.6 Å². The molecule has 0 spiro atoms. The zero-order chi connectivity index (χ0) is 30.0. The van der Waals surface area contributed by atoms with Crippen molar-refractivity contribution in [1.29, 1.82) is 0 Å². The smallest absolute Gasteiger partial charge is 0.338 e. The average molecular weight is 590 g/mol. The van der Waals surface area contributed by atoms with Gasteiger partial charge in [0.05, 0.1) is 41.0 Å². The van der Waals surface area contributed by atoms with Gasteiger partial charge in [-0.15, -0.1) is 0 Å². The number of thiazole rings is 1. The van der Waals surface area contributed by atoms with Gasteiger partial charge >= 0.3 is 5.97 Å². The lowest BCUT2D eigenvalue weighted by Gasteiger charge is -2.26. The van der Waals surface area contributed by atoms with Crippen molar-refractivity contribution in [2.45, 2.75) is 26.8 Å². The number of non-ortho nitro benzene ring substituents is 1. The largest absolute Gasteiger partial charge is 0.493 e. The van der Waals surface area contributed by atoms with E-state index in [1.54, 1.807) is 62.4 Å². The molecule has 216 valence electrons. The highest BCUT2D eigenvalue weighted by Crippen LogP contribution is 2.40. The van der Waals surface area contributed by atoms with Crippen molar-refractivity contribution in [1.82, 2.24) is 4.57 Å². The number of nitro groups is 1. The minimum Gasteiger partial charge on any atom is -0.493 e. The van der Waals surface area contributed by atoms with E-state index in [0.717, 1.165) is 11.3 Å². The van der Waals surface area contributed by atoms with Gasteiger partial charge in [0.2, 0.25) is 0 Å². The third-order valence-electron chi connectivity index (χ3n) is 6.59. The minimum atomic E-state index is -0.883. The monoisotopic (exact) mass is 589 g/mol. The first-order valence-corrected chi connectivity index (χ1v) is 13.9. The first kappa shape index (κ1) is 28.6. The Morgan fingerprint density at radius 3 is 2.57 bits per heavy atom. The number of allylic oxidation sites excluding steroid dienone is 1. The fourth-order valence-corrected chi connectivity index (χ4v) is 5.78. The maximum Gasteiger partial charge on any atom is 0.338 e. The van der Waals surface area contributed by atoms with Gasteiger partial charge in [-0.2, -0.15) is 0 Å². The molecule has 0 fully saturated rings. The normalized spacial score (nSPS) is 14.8. The van der Waals surface area contributed by atoms with Crippen LogP contribution in [0.25, 0.3) is 17.4 Å². The highest BCUT2D eigenvalue weighted by atomic mass is 32.1. The Morgan fingerprint density at radius 2 is 1.90 bits per heavy atom. The van der Waals surface area contributed by atoms with E-state index in [9.17, 15) is 19.7 Å². The van der Waals surface area contributed by atoms with Gasteiger partial charge in [-0.3, -0.25) is 19.5 Å². The molecule has 42 heavy (non-hydrogen) atoms. The summed E-state index contributed by atoms with van der Waals surface area (Å²) in [6, 6.07) is 13.8. The summed E-state index contributed by atoms with van der Waals surface area (Å²) in [5.41, 5.74) is 1.45. The Balaban J connectivity index is 1.65. The number of esters is 1. The summed E-state index contributed by atoms with van der Waals surface area (Å²) in [4.78, 5) is 42.7. The predicted octanol–water partition coefficient (Wildman–Crippen LogP) is 4.37. The standard InChI is InChI=1S/C30H27N3O8S/c1-5-39-27-21(8-7-9-23(27)38-4)26-25(29(35)40-6-2)17(3)31-30-32(26)28(34)24(42-30)16-20-14-15-22(41-20)18-10-12-19(13-11-18)33(36)37/h7-16,26H,5-6H2,1-4H3/b24-16+/t26-/m1/s1. The van der Waals surface area contributed by atoms with Crippen LogP contribution in [0, 0.1) is 10.1 Å². The molecule has 1 aliphatic heterocycles. The van der Waals surface area contributed by atoms with Crippen molar-refractivity contribution >= 4 is 29.1 Å². The molecule has 3 heterocycles. The number of hydrogen-bond donors (Lipinski definition) is 0. The Kier molecular flexibility index (Phi) is 8.07. The molecule has 2 aromatic carbocycles. The maximum atomic E-state index is 14.0. The van der Waals surface area contributed by atoms with E-state index < -0.39 is 16.9 Å². The average Bonchev–Trinajstić information content (AvgIpc) is 3.57. The highest BCUT2D eigenvalue weighted by molar-refractivity contribution is 7.07. The van der Waals surface area contributed by atoms with Crippen molar-refractivity contribution in [2.75, 3.05) is 20.3 Å². The molecule has 0 saturated heterocycles. The van der Waals surface area contributed by atoms with Crippen LogP contribution < -0.4 is 24.4 Å². The second-order valence-electron chi connectivity index (χ2n) is 9.12. The molecule has 1 atom stereocenters. The Bertz CT molecular complexity index is 1880. The number of methoxy groups -OCH3 is 1. The van der Waals surface area contributed by atoms with Crippen LogP contribution >= 0.6 is 11.3 Å². The molecule has 1 aliphatic rings. The number of rotatable bonds is 9. The van der Waals surface area contributed by atoms with E-state index >= 15 is 0 Å². The van der Waals surface area contributed by atoms with Crippen molar-refractivity contribution in [3.8, 4) is 22.8 Å². The first-order valence-electron chi connectivity index (χ1n) is 13.1. The number of nitrogens with zero attached hydrogens (tertiary/aromatic N) is 3. The van der Waals surface area contributed by atoms with Gasteiger partial charge in [-0.05, 0) is 51.1 Å². The molecule has 0 saturated carbocycles. The van der Waals surface area contributed by atoms with Crippen molar-refractivity contribution in [3.05, 3.63) is 107 Å². The third kappa shape index (κ3) is 5.23. The number of nitro benzene ring substituents is 1. The number of hydrogen-bond acceptors (Lipinski definition) is 10. The fourth-order valence-electron chi connectivity index (χ4n) is 4.76. The molecule has 0 bridgehead atoms. The third-order valence-corrected chi connectivity index (χ3v) is 7.58. The van der Waals surface area contributed by atoms with Gasteiger partial charge in [-0.1, -0.05) is 23.5 Å². The molecule has 0 radical (unpaired) electrons. The summed E-state index contributed by atoms with van der Waals surface area (Å²) in [5.74, 6) is 1.19. The second-order valence-corrected chi connectivity index (χ2v) is 10.1. The summed E-state index contributed by atoms with van der Waals surface area (Å²) < 4.78 is 24.6. The highest BCUT2D eigenvalue weighted by Gasteiger charge is 2.36. The number of para-hydroxylation sites is 1. The van der Waals surface area contributed by atoms with E-state index in [0.29, 0.717) is 55.8 Å². The lowest BCUT2D eigenvalue weighted by molar-refractivity contribution is -0.384. The fraction of sp³-hybridized carbons (Fsp3) is 0.233. The van der Waals surface area contributed by atoms with Gasteiger partial charge in [0.15, 0.2) is 16.3 Å². The minimum absolute atomic E-state index is 0.0257. The molecule has 2 aromatic heterocycles. The second kappa shape index (κ2) is 11.9. The number of carbonyl (C=O) groups is 1. The van der Waals surface area contributed by atoms with E-state index in [-0.39, 0.29) is 23.4 Å². The number of fused-ring (bicyclic) bond motifs is 1. The zero-order valence-corrected chi connectivity index (χ0v) is 24.1. The maximum absolute atomic E-state index is 14.0. The van der Waals surface area contributed by atoms with Gasteiger partial charge < -0.3 is 18.6 Å². The molecular formula is C30H27N3O8S. The van der Waals surface area contributed by atoms with Crippen LogP contribution in [0.2, 0.25) is 0 Å². The molecule has 11 nitrogen and oxygen atoms in total. The van der Waals surface area contributed by atoms with Crippen LogP contribution in [-0.2, 0) is 9.53 Å². The lowest BCUT2D eigenvalue weighted by Crippen LogP contribution is -2.40.